The molecule has 0 amide bonds. The molecule has 0 spiro atoms. The molecule has 1 saturated carbocycles. The molecular weight excluding hydrogens is 432 g/mol. The Balaban J connectivity index is 0.000000393. The van der Waals surface area contributed by atoms with E-state index < -0.39 is 0 Å². The van der Waals surface area contributed by atoms with Crippen molar-refractivity contribution in [3.63, 3.8) is 0 Å². The van der Waals surface area contributed by atoms with Gasteiger partial charge in [-0.05, 0) is 60.9 Å². The van der Waals surface area contributed by atoms with Gasteiger partial charge >= 0.3 is 0 Å². The minimum absolute atomic E-state index is 0. The van der Waals surface area contributed by atoms with Crippen LogP contribution in [0.15, 0.2) is 55.5 Å². The van der Waals surface area contributed by atoms with Crippen molar-refractivity contribution in [1.29, 1.82) is 0 Å². The second kappa shape index (κ2) is 14.1. The number of rotatable bonds is 6. The quantitative estimate of drug-likeness (QED) is 0.446. The van der Waals surface area contributed by atoms with Crippen LogP contribution in [0.5, 0.6) is 0 Å². The third-order valence-corrected chi connectivity index (χ3v) is 6.47. The van der Waals surface area contributed by atoms with Crippen LogP contribution in [-0.4, -0.2) is 61.2 Å². The number of allylic oxidation sites excluding steroid dienone is 3. The molecule has 4 rings (SSSR count). The van der Waals surface area contributed by atoms with Crippen LogP contribution in [0.4, 0.5) is 5.82 Å². The summed E-state index contributed by atoms with van der Waals surface area (Å²) in [7, 11) is 4.02. The molecule has 2 aromatic rings. The Morgan fingerprint density at radius 3 is 2.46 bits per heavy atom. The number of aromatic nitrogens is 1. The first-order valence-electron chi connectivity index (χ1n) is 12.5. The van der Waals surface area contributed by atoms with Gasteiger partial charge in [0.2, 0.25) is 0 Å². The first kappa shape index (κ1) is 28.6. The average Bonchev–Trinajstić information content (AvgIpc) is 2.83. The van der Waals surface area contributed by atoms with Crippen molar-refractivity contribution in [3.8, 4) is 0 Å². The van der Waals surface area contributed by atoms with Gasteiger partial charge in [-0.25, -0.2) is 4.98 Å². The maximum absolute atomic E-state index is 5.35. The molecule has 1 N–H and O–H groups in total. The van der Waals surface area contributed by atoms with E-state index in [9.17, 15) is 0 Å². The molecule has 1 aliphatic heterocycles. The minimum Gasteiger partial charge on any atom is -0.383 e. The summed E-state index contributed by atoms with van der Waals surface area (Å²) in [5, 5.41) is 5.47. The highest BCUT2D eigenvalue weighted by molar-refractivity contribution is 5.91. The van der Waals surface area contributed by atoms with E-state index in [2.05, 4.69) is 59.7 Å². The average molecular weight is 481 g/mol. The van der Waals surface area contributed by atoms with Crippen molar-refractivity contribution in [2.45, 2.75) is 59.4 Å². The van der Waals surface area contributed by atoms with Gasteiger partial charge in [-0.1, -0.05) is 52.0 Å². The summed E-state index contributed by atoms with van der Waals surface area (Å²) in [5.41, 5.74) is 4.33. The lowest BCUT2D eigenvalue weighted by atomic mass is 9.94. The Morgan fingerprint density at radius 2 is 1.86 bits per heavy atom. The van der Waals surface area contributed by atoms with E-state index in [1.807, 2.05) is 38.2 Å². The predicted molar refractivity (Wildman–Crippen MR) is 155 cm³/mol. The van der Waals surface area contributed by atoms with Gasteiger partial charge < -0.3 is 15.0 Å². The SMILES string of the molecule is C.C1CCC(N2CCOCC2)CC1.C=C/C(=C\N(C)C)c1cc(C)c2cnc(NC(=C)C)cc2c1.[HH]. The maximum atomic E-state index is 5.35. The molecule has 5 heteroatoms. The number of nitrogens with zero attached hydrogens (tertiary/aromatic N) is 3. The molecule has 1 aromatic carbocycles. The van der Waals surface area contributed by atoms with Crippen LogP contribution in [0, 0.1) is 6.92 Å². The monoisotopic (exact) mass is 480 g/mol. The maximum Gasteiger partial charge on any atom is 0.130 e. The molecule has 0 radical (unpaired) electrons. The van der Waals surface area contributed by atoms with Gasteiger partial charge in [0, 0.05) is 58.1 Å². The summed E-state index contributed by atoms with van der Waals surface area (Å²) < 4.78 is 5.35. The van der Waals surface area contributed by atoms with E-state index in [1.165, 1.54) is 50.8 Å². The number of fused-ring (bicyclic) bond motifs is 1. The molecule has 2 heterocycles. The number of morpholine rings is 1. The zero-order valence-corrected chi connectivity index (χ0v) is 21.6. The van der Waals surface area contributed by atoms with Gasteiger partial charge in [0.25, 0.3) is 0 Å². The summed E-state index contributed by atoms with van der Waals surface area (Å²) in [6.07, 6.45) is 13.1. The highest BCUT2D eigenvalue weighted by Crippen LogP contribution is 2.27. The smallest absolute Gasteiger partial charge is 0.130 e. The molecule has 0 unspecified atom stereocenters. The van der Waals surface area contributed by atoms with E-state index in [1.54, 1.807) is 0 Å². The van der Waals surface area contributed by atoms with Crippen molar-refractivity contribution in [1.82, 2.24) is 14.8 Å². The third kappa shape index (κ3) is 8.52. The van der Waals surface area contributed by atoms with E-state index in [0.717, 1.165) is 52.7 Å². The molecule has 194 valence electrons. The number of aryl methyl sites for hydroxylation is 1. The van der Waals surface area contributed by atoms with Gasteiger partial charge in [-0.3, -0.25) is 4.90 Å². The highest BCUT2D eigenvalue weighted by Gasteiger charge is 2.22. The molecule has 1 aliphatic carbocycles. The zero-order valence-electron chi connectivity index (χ0n) is 21.6. The fraction of sp³-hybridized carbons (Fsp3) is 0.500. The second-order valence-electron chi connectivity index (χ2n) is 9.68. The Labute approximate surface area is 215 Å². The largest absolute Gasteiger partial charge is 0.383 e. The summed E-state index contributed by atoms with van der Waals surface area (Å²) in [6.45, 7) is 16.1. The van der Waals surface area contributed by atoms with Crippen molar-refractivity contribution in [2.24, 2.45) is 0 Å². The topological polar surface area (TPSA) is 40.6 Å². The number of anilines is 1. The lowest BCUT2D eigenvalue weighted by Crippen LogP contribution is -2.44. The molecule has 35 heavy (non-hydrogen) atoms. The first-order chi connectivity index (χ1) is 16.4. The molecular formula is C30H48N4O. The van der Waals surface area contributed by atoms with Gasteiger partial charge in [0.15, 0.2) is 0 Å². The summed E-state index contributed by atoms with van der Waals surface area (Å²) in [6, 6.07) is 7.29. The van der Waals surface area contributed by atoms with Gasteiger partial charge in [0.1, 0.15) is 5.82 Å². The van der Waals surface area contributed by atoms with Gasteiger partial charge in [-0.15, -0.1) is 0 Å². The minimum atomic E-state index is 0. The Morgan fingerprint density at radius 1 is 1.17 bits per heavy atom. The summed E-state index contributed by atoms with van der Waals surface area (Å²) in [4.78, 5) is 9.09. The van der Waals surface area contributed by atoms with Crippen LogP contribution >= 0.6 is 0 Å². The number of hydrogen-bond donors (Lipinski definition) is 1. The van der Waals surface area contributed by atoms with Crippen LogP contribution < -0.4 is 5.32 Å². The van der Waals surface area contributed by atoms with Crippen LogP contribution in [-0.2, 0) is 4.74 Å². The lowest BCUT2D eigenvalue weighted by Gasteiger charge is -2.36. The van der Waals surface area contributed by atoms with Crippen LogP contribution in [0.1, 0.15) is 59.0 Å². The summed E-state index contributed by atoms with van der Waals surface area (Å²) >= 11 is 0. The lowest BCUT2D eigenvalue weighted by molar-refractivity contribution is 0.00858. The van der Waals surface area contributed by atoms with E-state index >= 15 is 0 Å². The van der Waals surface area contributed by atoms with Crippen LogP contribution in [0.25, 0.3) is 16.3 Å². The van der Waals surface area contributed by atoms with Crippen molar-refractivity contribution >= 4 is 22.2 Å². The molecule has 5 nitrogen and oxygen atoms in total. The van der Waals surface area contributed by atoms with Gasteiger partial charge in [0.05, 0.1) is 13.2 Å². The predicted octanol–water partition coefficient (Wildman–Crippen LogP) is 7.11. The number of ether oxygens (including phenoxy) is 1. The second-order valence-corrected chi connectivity index (χ2v) is 9.68. The fourth-order valence-electron chi connectivity index (χ4n) is 4.81. The Bertz CT molecular complexity index is 989. The molecule has 1 saturated heterocycles. The van der Waals surface area contributed by atoms with Crippen LogP contribution in [0.3, 0.4) is 0 Å². The fourth-order valence-corrected chi connectivity index (χ4v) is 4.81. The van der Waals surface area contributed by atoms with Crippen molar-refractivity contribution in [2.75, 3.05) is 45.7 Å². The van der Waals surface area contributed by atoms with Crippen molar-refractivity contribution in [3.05, 3.63) is 66.7 Å². The standard InChI is InChI=1S/C19H23N3.C10H19NO.CH4.H2/c1-7-15(12-22(5)6)16-8-14(4)18-11-20-19(21-13(2)3)10-17(18)9-16;1-2-4-10(5-3-1)11-6-8-12-9-7-11;;/h7-12H,1-2H2,3-6H3,(H,20,21);10H,1-9H2;1H4;1H/b15-12+;;;. The first-order valence-corrected chi connectivity index (χ1v) is 12.5. The van der Waals surface area contributed by atoms with E-state index in [4.69, 9.17) is 4.74 Å². The Hall–Kier alpha value is -2.63. The van der Waals surface area contributed by atoms with E-state index in [-0.39, 0.29) is 8.85 Å². The Kier molecular flexibility index (Phi) is 11.5. The summed E-state index contributed by atoms with van der Waals surface area (Å²) in [5.74, 6) is 0.813. The molecule has 0 atom stereocenters. The van der Waals surface area contributed by atoms with Crippen LogP contribution in [0.2, 0.25) is 0 Å². The van der Waals surface area contributed by atoms with Gasteiger partial charge in [-0.2, -0.15) is 0 Å². The van der Waals surface area contributed by atoms with E-state index in [0.29, 0.717) is 0 Å². The molecule has 1 aromatic heterocycles. The number of nitrogens with one attached hydrogen (secondary N) is 1. The highest BCUT2D eigenvalue weighted by atomic mass is 16.5. The van der Waals surface area contributed by atoms with Crippen molar-refractivity contribution < 1.29 is 6.16 Å². The number of pyridine rings is 1. The third-order valence-electron chi connectivity index (χ3n) is 6.47. The normalized spacial score (nSPS) is 17.1. The molecule has 0 bridgehead atoms. The molecule has 2 aliphatic rings. The zero-order chi connectivity index (χ0) is 24.5. The number of hydrogen-bond acceptors (Lipinski definition) is 5. The number of benzene rings is 1. The molecule has 2 fully saturated rings.